The van der Waals surface area contributed by atoms with E-state index in [0.29, 0.717) is 11.4 Å². The second-order valence-electron chi connectivity index (χ2n) is 3.85. The van der Waals surface area contributed by atoms with Crippen LogP contribution in [0.5, 0.6) is 0 Å². The molecule has 1 N–H and O–H groups in total. The Kier molecular flexibility index (Phi) is 2.92. The van der Waals surface area contributed by atoms with Crippen molar-refractivity contribution in [1.29, 1.82) is 0 Å². The minimum Gasteiger partial charge on any atom is -0.478 e. The summed E-state index contributed by atoms with van der Waals surface area (Å²) in [6.07, 6.45) is 3.11. The highest BCUT2D eigenvalue weighted by atomic mass is 16.5. The van der Waals surface area contributed by atoms with Gasteiger partial charge in [0.1, 0.15) is 0 Å². The molecule has 1 aromatic carbocycles. The van der Waals surface area contributed by atoms with Crippen LogP contribution in [0.1, 0.15) is 10.4 Å². The molecule has 3 rings (SSSR count). The summed E-state index contributed by atoms with van der Waals surface area (Å²) >= 11 is 0. The van der Waals surface area contributed by atoms with Crippen molar-refractivity contribution in [3.8, 4) is 23.1 Å². The molecule has 0 atom stereocenters. The summed E-state index contributed by atoms with van der Waals surface area (Å²) in [5.41, 5.74) is 0.486. The standard InChI is InChI=1S/C13H8N4O3/c18-13(19)9-5-2-1-4-8(9)10-16-12(20-17-10)11-14-6-3-7-15-11/h1-7H,(H,18,19). The van der Waals surface area contributed by atoms with Gasteiger partial charge in [-0.15, -0.1) is 0 Å². The number of carbonyl (C=O) groups is 1. The van der Waals surface area contributed by atoms with E-state index in [0.717, 1.165) is 0 Å². The van der Waals surface area contributed by atoms with Crippen LogP contribution in [0.3, 0.4) is 0 Å². The molecular formula is C13H8N4O3. The fourth-order valence-electron chi connectivity index (χ4n) is 1.70. The highest BCUT2D eigenvalue weighted by Gasteiger charge is 2.17. The molecular weight excluding hydrogens is 260 g/mol. The first kappa shape index (κ1) is 12.0. The van der Waals surface area contributed by atoms with E-state index in [1.165, 1.54) is 6.07 Å². The Balaban J connectivity index is 2.05. The molecule has 0 fully saturated rings. The van der Waals surface area contributed by atoms with Crippen molar-refractivity contribution in [2.24, 2.45) is 0 Å². The summed E-state index contributed by atoms with van der Waals surface area (Å²) in [6.45, 7) is 0. The van der Waals surface area contributed by atoms with Crippen molar-refractivity contribution < 1.29 is 14.4 Å². The van der Waals surface area contributed by atoms with Gasteiger partial charge in [-0.05, 0) is 12.1 Å². The van der Waals surface area contributed by atoms with Gasteiger partial charge in [0.05, 0.1) is 5.56 Å². The Morgan fingerprint density at radius 1 is 1.05 bits per heavy atom. The molecule has 0 saturated carbocycles. The smallest absolute Gasteiger partial charge is 0.336 e. The van der Waals surface area contributed by atoms with Crippen LogP contribution in [-0.2, 0) is 0 Å². The molecule has 0 bridgehead atoms. The molecule has 7 nitrogen and oxygen atoms in total. The summed E-state index contributed by atoms with van der Waals surface area (Å²) in [5.74, 6) is -0.437. The third kappa shape index (κ3) is 2.12. The largest absolute Gasteiger partial charge is 0.478 e. The second kappa shape index (κ2) is 4.88. The molecule has 2 heterocycles. The van der Waals surface area contributed by atoms with Crippen LogP contribution < -0.4 is 0 Å². The first-order valence-corrected chi connectivity index (χ1v) is 5.69. The number of aromatic nitrogens is 4. The maximum atomic E-state index is 11.2. The number of carboxylic acid groups (broad SMARTS) is 1. The molecule has 0 radical (unpaired) electrons. The Morgan fingerprint density at radius 3 is 2.55 bits per heavy atom. The molecule has 0 saturated heterocycles. The number of hydrogen-bond donors (Lipinski definition) is 1. The number of aromatic carboxylic acids is 1. The van der Waals surface area contributed by atoms with Gasteiger partial charge in [-0.25, -0.2) is 14.8 Å². The summed E-state index contributed by atoms with van der Waals surface area (Å²) in [5, 5.41) is 12.9. The third-order valence-corrected chi connectivity index (χ3v) is 2.58. The second-order valence-corrected chi connectivity index (χ2v) is 3.85. The van der Waals surface area contributed by atoms with Crippen molar-refractivity contribution >= 4 is 5.97 Å². The van der Waals surface area contributed by atoms with Crippen molar-refractivity contribution in [2.45, 2.75) is 0 Å². The van der Waals surface area contributed by atoms with E-state index < -0.39 is 5.97 Å². The lowest BCUT2D eigenvalue weighted by molar-refractivity contribution is 0.0697. The Morgan fingerprint density at radius 2 is 1.80 bits per heavy atom. The van der Waals surface area contributed by atoms with Crippen molar-refractivity contribution in [3.05, 3.63) is 48.3 Å². The summed E-state index contributed by atoms with van der Waals surface area (Å²) in [4.78, 5) is 23.3. The monoisotopic (exact) mass is 268 g/mol. The lowest BCUT2D eigenvalue weighted by Gasteiger charge is -1.99. The van der Waals surface area contributed by atoms with Crippen LogP contribution in [0, 0.1) is 0 Å². The summed E-state index contributed by atoms with van der Waals surface area (Å²) in [7, 11) is 0. The molecule has 0 amide bonds. The van der Waals surface area contributed by atoms with E-state index in [9.17, 15) is 4.79 Å². The fraction of sp³-hybridized carbons (Fsp3) is 0. The first-order valence-electron chi connectivity index (χ1n) is 5.69. The molecule has 0 unspecified atom stereocenters. The average Bonchev–Trinajstić information content (AvgIpc) is 2.98. The van der Waals surface area contributed by atoms with Gasteiger partial charge in [0.25, 0.3) is 5.89 Å². The van der Waals surface area contributed by atoms with Crippen LogP contribution in [0.25, 0.3) is 23.1 Å². The van der Waals surface area contributed by atoms with E-state index in [4.69, 9.17) is 9.63 Å². The molecule has 20 heavy (non-hydrogen) atoms. The van der Waals surface area contributed by atoms with E-state index in [1.54, 1.807) is 36.7 Å². The maximum Gasteiger partial charge on any atom is 0.336 e. The highest BCUT2D eigenvalue weighted by Crippen LogP contribution is 2.23. The number of hydrogen-bond acceptors (Lipinski definition) is 6. The zero-order chi connectivity index (χ0) is 13.9. The lowest BCUT2D eigenvalue weighted by atomic mass is 10.1. The number of rotatable bonds is 3. The lowest BCUT2D eigenvalue weighted by Crippen LogP contribution is -1.99. The molecule has 0 aliphatic heterocycles. The quantitative estimate of drug-likeness (QED) is 0.773. The van der Waals surface area contributed by atoms with Crippen molar-refractivity contribution in [1.82, 2.24) is 20.1 Å². The molecule has 0 aliphatic carbocycles. The van der Waals surface area contributed by atoms with Gasteiger partial charge in [-0.2, -0.15) is 4.98 Å². The van der Waals surface area contributed by atoms with Crippen LogP contribution in [0.15, 0.2) is 47.2 Å². The minimum atomic E-state index is -1.05. The van der Waals surface area contributed by atoms with Gasteiger partial charge < -0.3 is 9.63 Å². The number of nitrogens with zero attached hydrogens (tertiary/aromatic N) is 4. The number of benzene rings is 1. The Labute approximate surface area is 112 Å². The predicted molar refractivity (Wildman–Crippen MR) is 67.7 cm³/mol. The molecule has 7 heteroatoms. The van der Waals surface area contributed by atoms with Crippen LogP contribution in [-0.4, -0.2) is 31.2 Å². The zero-order valence-corrected chi connectivity index (χ0v) is 10.1. The Hall–Kier alpha value is -3.09. The van der Waals surface area contributed by atoms with E-state index in [1.807, 2.05) is 0 Å². The fourth-order valence-corrected chi connectivity index (χ4v) is 1.70. The van der Waals surface area contributed by atoms with Crippen molar-refractivity contribution in [2.75, 3.05) is 0 Å². The van der Waals surface area contributed by atoms with E-state index in [-0.39, 0.29) is 17.3 Å². The van der Waals surface area contributed by atoms with Gasteiger partial charge in [0, 0.05) is 18.0 Å². The van der Waals surface area contributed by atoms with Crippen molar-refractivity contribution in [3.63, 3.8) is 0 Å². The summed E-state index contributed by atoms with van der Waals surface area (Å²) < 4.78 is 5.06. The van der Waals surface area contributed by atoms with Gasteiger partial charge in [0.15, 0.2) is 0 Å². The first-order chi connectivity index (χ1) is 9.75. The predicted octanol–water partition coefficient (Wildman–Crippen LogP) is 1.89. The van der Waals surface area contributed by atoms with Gasteiger partial charge in [-0.1, -0.05) is 23.4 Å². The third-order valence-electron chi connectivity index (χ3n) is 2.58. The van der Waals surface area contributed by atoms with E-state index >= 15 is 0 Å². The Bertz CT molecular complexity index is 755. The van der Waals surface area contributed by atoms with Gasteiger partial charge in [-0.3, -0.25) is 0 Å². The number of carboxylic acids is 1. The topological polar surface area (TPSA) is 102 Å². The van der Waals surface area contributed by atoms with Crippen LogP contribution >= 0.6 is 0 Å². The van der Waals surface area contributed by atoms with E-state index in [2.05, 4.69) is 20.1 Å². The van der Waals surface area contributed by atoms with Gasteiger partial charge in [0.2, 0.25) is 11.6 Å². The molecule has 0 spiro atoms. The molecule has 3 aromatic rings. The average molecular weight is 268 g/mol. The van der Waals surface area contributed by atoms with Gasteiger partial charge >= 0.3 is 5.97 Å². The normalized spacial score (nSPS) is 10.4. The molecule has 0 aliphatic rings. The molecule has 98 valence electrons. The SMILES string of the molecule is O=C(O)c1ccccc1-c1noc(-c2ncccn2)n1. The summed E-state index contributed by atoms with van der Waals surface area (Å²) in [6, 6.07) is 8.10. The zero-order valence-electron chi connectivity index (χ0n) is 10.1. The van der Waals surface area contributed by atoms with Crippen LogP contribution in [0.4, 0.5) is 0 Å². The maximum absolute atomic E-state index is 11.2. The minimum absolute atomic E-state index is 0.105. The molecule has 2 aromatic heterocycles. The highest BCUT2D eigenvalue weighted by molar-refractivity contribution is 5.94. The van der Waals surface area contributed by atoms with Crippen LogP contribution in [0.2, 0.25) is 0 Å².